The van der Waals surface area contributed by atoms with Crippen LogP contribution in [0.3, 0.4) is 0 Å². The molecule has 2 unspecified atom stereocenters. The summed E-state index contributed by atoms with van der Waals surface area (Å²) < 4.78 is 5.06. The van der Waals surface area contributed by atoms with Crippen LogP contribution < -0.4 is 5.32 Å². The lowest BCUT2D eigenvalue weighted by atomic mass is 10.1. The summed E-state index contributed by atoms with van der Waals surface area (Å²) in [5.41, 5.74) is 2.27. The molecule has 1 heterocycles. The van der Waals surface area contributed by atoms with Crippen LogP contribution in [-0.2, 0) is 11.3 Å². The highest BCUT2D eigenvalue weighted by molar-refractivity contribution is 5.67. The Kier molecular flexibility index (Phi) is 6.72. The third kappa shape index (κ3) is 5.64. The second-order valence-corrected chi connectivity index (χ2v) is 5.55. The van der Waals surface area contributed by atoms with Crippen molar-refractivity contribution in [3.63, 3.8) is 0 Å². The van der Waals surface area contributed by atoms with Crippen LogP contribution in [0.4, 0.5) is 4.79 Å². The van der Waals surface area contributed by atoms with Crippen LogP contribution in [0.5, 0.6) is 0 Å². The Morgan fingerprint density at radius 3 is 2.62 bits per heavy atom. The number of amides is 1. The van der Waals surface area contributed by atoms with Crippen LogP contribution in [0, 0.1) is 6.92 Å². The maximum atomic E-state index is 11.6. The molecule has 0 radical (unpaired) electrons. The van der Waals surface area contributed by atoms with Crippen molar-refractivity contribution in [1.29, 1.82) is 0 Å². The predicted octanol–water partition coefficient (Wildman–Crippen LogP) is 2.10. The second kappa shape index (κ2) is 9.00. The number of benzene rings is 1. The lowest BCUT2D eigenvalue weighted by Crippen LogP contribution is -2.30. The van der Waals surface area contributed by atoms with E-state index in [4.69, 9.17) is 4.74 Å². The number of carbonyl (C=O) groups is 1. The number of carbonyl (C=O) groups excluding carboxylic acids is 1. The van der Waals surface area contributed by atoms with E-state index >= 15 is 0 Å². The number of hydrogen-bond acceptors (Lipinski definition) is 5. The summed E-state index contributed by atoms with van der Waals surface area (Å²) >= 11 is 0. The van der Waals surface area contributed by atoms with E-state index in [0.717, 1.165) is 11.1 Å². The molecule has 0 aliphatic carbocycles. The minimum atomic E-state index is -1.09. The number of nitrogens with zero attached hydrogens (tertiary/aromatic N) is 1. The predicted molar refractivity (Wildman–Crippen MR) is 89.2 cm³/mol. The molecule has 2 rings (SSSR count). The molecule has 0 aliphatic heterocycles. The van der Waals surface area contributed by atoms with E-state index in [1.807, 2.05) is 43.3 Å². The molecular weight excluding hydrogens is 308 g/mol. The van der Waals surface area contributed by atoms with Gasteiger partial charge in [0.15, 0.2) is 0 Å². The van der Waals surface area contributed by atoms with Gasteiger partial charge in [0.2, 0.25) is 0 Å². The van der Waals surface area contributed by atoms with E-state index in [1.165, 1.54) is 0 Å². The molecule has 1 aromatic carbocycles. The topological polar surface area (TPSA) is 91.7 Å². The van der Waals surface area contributed by atoms with E-state index < -0.39 is 18.3 Å². The first kappa shape index (κ1) is 17.9. The fourth-order valence-electron chi connectivity index (χ4n) is 2.11. The maximum Gasteiger partial charge on any atom is 0.407 e. The molecule has 1 amide bonds. The minimum Gasteiger partial charge on any atom is -0.445 e. The number of aryl methyl sites for hydroxylation is 1. The number of nitrogens with one attached hydrogen (secondary N) is 1. The average molecular weight is 330 g/mol. The highest BCUT2D eigenvalue weighted by Crippen LogP contribution is 2.16. The largest absolute Gasteiger partial charge is 0.445 e. The van der Waals surface area contributed by atoms with Gasteiger partial charge in [0, 0.05) is 12.7 Å². The molecule has 0 saturated carbocycles. The lowest BCUT2D eigenvalue weighted by molar-refractivity contribution is 0.0111. The highest BCUT2D eigenvalue weighted by atomic mass is 16.5. The van der Waals surface area contributed by atoms with Gasteiger partial charge in [0.05, 0.1) is 11.8 Å². The number of aliphatic hydroxyl groups excluding tert-OH is 2. The number of rotatable bonds is 7. The van der Waals surface area contributed by atoms with Gasteiger partial charge in [-0.15, -0.1) is 0 Å². The number of ether oxygens (including phenoxy) is 1. The molecule has 0 bridgehead atoms. The summed E-state index contributed by atoms with van der Waals surface area (Å²) in [7, 11) is 0. The molecule has 24 heavy (non-hydrogen) atoms. The molecule has 128 valence electrons. The van der Waals surface area contributed by atoms with Gasteiger partial charge in [-0.1, -0.05) is 36.4 Å². The fraction of sp³-hybridized carbons (Fsp3) is 0.333. The summed E-state index contributed by atoms with van der Waals surface area (Å²) in [6.07, 6.45) is -0.849. The first-order valence-electron chi connectivity index (χ1n) is 7.79. The molecule has 2 atom stereocenters. The van der Waals surface area contributed by atoms with E-state index in [0.29, 0.717) is 5.69 Å². The van der Waals surface area contributed by atoms with Crippen molar-refractivity contribution < 1.29 is 19.7 Å². The number of aromatic nitrogens is 1. The Balaban J connectivity index is 1.68. The standard InChI is InChI=1S/C18H22N2O4/c1-13-7-8-15(20-11-13)17(22)16(21)9-10-19-18(23)24-12-14-5-3-2-4-6-14/h2-8,11,16-17,21-22H,9-10,12H2,1H3,(H,19,23). The summed E-state index contributed by atoms with van der Waals surface area (Å²) in [5, 5.41) is 22.6. The average Bonchev–Trinajstić information content (AvgIpc) is 2.61. The highest BCUT2D eigenvalue weighted by Gasteiger charge is 2.19. The van der Waals surface area contributed by atoms with E-state index in [2.05, 4.69) is 10.3 Å². The van der Waals surface area contributed by atoms with E-state index in [9.17, 15) is 15.0 Å². The summed E-state index contributed by atoms with van der Waals surface area (Å²) in [6, 6.07) is 12.8. The van der Waals surface area contributed by atoms with Gasteiger partial charge in [0.25, 0.3) is 0 Å². The van der Waals surface area contributed by atoms with Gasteiger partial charge in [-0.05, 0) is 30.5 Å². The van der Waals surface area contributed by atoms with Gasteiger partial charge in [-0.25, -0.2) is 4.79 Å². The molecule has 0 fully saturated rings. The van der Waals surface area contributed by atoms with E-state index in [1.54, 1.807) is 12.3 Å². The zero-order valence-corrected chi connectivity index (χ0v) is 13.6. The van der Waals surface area contributed by atoms with Gasteiger partial charge in [-0.3, -0.25) is 4.98 Å². The Morgan fingerprint density at radius 2 is 1.96 bits per heavy atom. The first-order valence-corrected chi connectivity index (χ1v) is 7.79. The molecule has 0 aliphatic rings. The van der Waals surface area contributed by atoms with Crippen LogP contribution in [0.15, 0.2) is 48.7 Å². The van der Waals surface area contributed by atoms with Crippen LogP contribution in [0.2, 0.25) is 0 Å². The molecule has 6 nitrogen and oxygen atoms in total. The molecule has 6 heteroatoms. The maximum absolute atomic E-state index is 11.6. The Morgan fingerprint density at radius 1 is 1.21 bits per heavy atom. The van der Waals surface area contributed by atoms with Crippen LogP contribution >= 0.6 is 0 Å². The van der Waals surface area contributed by atoms with Crippen LogP contribution in [0.1, 0.15) is 29.3 Å². The van der Waals surface area contributed by atoms with E-state index in [-0.39, 0.29) is 19.6 Å². The first-order chi connectivity index (χ1) is 11.6. The third-order valence-electron chi connectivity index (χ3n) is 3.52. The van der Waals surface area contributed by atoms with Crippen molar-refractivity contribution in [2.45, 2.75) is 32.2 Å². The van der Waals surface area contributed by atoms with Crippen molar-refractivity contribution in [1.82, 2.24) is 10.3 Å². The zero-order valence-electron chi connectivity index (χ0n) is 13.6. The number of alkyl carbamates (subject to hydrolysis) is 1. The van der Waals surface area contributed by atoms with Gasteiger partial charge in [0.1, 0.15) is 12.7 Å². The molecule has 3 N–H and O–H groups in total. The SMILES string of the molecule is Cc1ccc(C(O)C(O)CCNC(=O)OCc2ccccc2)nc1. The molecule has 2 aromatic rings. The second-order valence-electron chi connectivity index (χ2n) is 5.55. The van der Waals surface area contributed by atoms with Crippen LogP contribution in [-0.4, -0.2) is 33.9 Å². The quantitative estimate of drug-likeness (QED) is 0.723. The van der Waals surface area contributed by atoms with Crippen molar-refractivity contribution >= 4 is 6.09 Å². The Hall–Kier alpha value is -2.44. The van der Waals surface area contributed by atoms with Gasteiger partial charge >= 0.3 is 6.09 Å². The normalized spacial score (nSPS) is 13.1. The Bertz CT molecular complexity index is 631. The van der Waals surface area contributed by atoms with Gasteiger partial charge in [-0.2, -0.15) is 0 Å². The number of aliphatic hydroxyl groups is 2. The van der Waals surface area contributed by atoms with Crippen molar-refractivity contribution in [3.05, 3.63) is 65.5 Å². The van der Waals surface area contributed by atoms with Gasteiger partial charge < -0.3 is 20.3 Å². The summed E-state index contributed by atoms with van der Waals surface area (Å²) in [4.78, 5) is 15.7. The summed E-state index contributed by atoms with van der Waals surface area (Å²) in [6.45, 7) is 2.27. The van der Waals surface area contributed by atoms with Crippen LogP contribution in [0.25, 0.3) is 0 Å². The zero-order chi connectivity index (χ0) is 17.4. The Labute approximate surface area is 141 Å². The molecular formula is C18H22N2O4. The monoisotopic (exact) mass is 330 g/mol. The molecule has 1 aromatic heterocycles. The summed E-state index contributed by atoms with van der Waals surface area (Å²) in [5.74, 6) is 0. The fourth-order valence-corrected chi connectivity index (χ4v) is 2.11. The van der Waals surface area contributed by atoms with Crippen molar-refractivity contribution in [2.75, 3.05) is 6.54 Å². The minimum absolute atomic E-state index is 0.186. The lowest BCUT2D eigenvalue weighted by Gasteiger charge is -2.17. The molecule has 0 spiro atoms. The number of pyridine rings is 1. The third-order valence-corrected chi connectivity index (χ3v) is 3.52. The number of hydrogen-bond donors (Lipinski definition) is 3. The molecule has 0 saturated heterocycles. The van der Waals surface area contributed by atoms with Crippen molar-refractivity contribution in [3.8, 4) is 0 Å². The smallest absolute Gasteiger partial charge is 0.407 e. The van der Waals surface area contributed by atoms with Crippen molar-refractivity contribution in [2.24, 2.45) is 0 Å².